The minimum absolute atomic E-state index is 0.0499. The van der Waals surface area contributed by atoms with Gasteiger partial charge in [0.05, 0.1) is 7.11 Å². The molecule has 3 rings (SSSR count). The molecule has 6 nitrogen and oxygen atoms in total. The van der Waals surface area contributed by atoms with Gasteiger partial charge in [-0.15, -0.1) is 0 Å². The van der Waals surface area contributed by atoms with Crippen LogP contribution in [0.3, 0.4) is 0 Å². The van der Waals surface area contributed by atoms with Crippen molar-refractivity contribution in [2.75, 3.05) is 38.6 Å². The first-order valence-electron chi connectivity index (χ1n) is 8.73. The van der Waals surface area contributed by atoms with E-state index in [0.717, 1.165) is 5.56 Å². The zero-order valence-electron chi connectivity index (χ0n) is 15.4. The summed E-state index contributed by atoms with van der Waals surface area (Å²) >= 11 is 5.85. The summed E-state index contributed by atoms with van der Waals surface area (Å²) in [6.45, 7) is 3.87. The number of halogens is 1. The third kappa shape index (κ3) is 4.52. The van der Waals surface area contributed by atoms with Crippen LogP contribution in [-0.4, -0.2) is 55.0 Å². The van der Waals surface area contributed by atoms with Crippen molar-refractivity contribution in [3.63, 3.8) is 0 Å². The molecule has 0 atom stereocenters. The number of rotatable bonds is 3. The van der Waals surface area contributed by atoms with E-state index in [4.69, 9.17) is 16.3 Å². The van der Waals surface area contributed by atoms with Gasteiger partial charge in [-0.05, 0) is 48.9 Å². The van der Waals surface area contributed by atoms with Crippen molar-refractivity contribution in [1.29, 1.82) is 0 Å². The summed E-state index contributed by atoms with van der Waals surface area (Å²) < 4.78 is 5.30. The second-order valence-corrected chi connectivity index (χ2v) is 6.84. The van der Waals surface area contributed by atoms with E-state index >= 15 is 0 Å². The fourth-order valence-corrected chi connectivity index (χ4v) is 3.11. The topological polar surface area (TPSA) is 61.9 Å². The first-order valence-corrected chi connectivity index (χ1v) is 9.11. The lowest BCUT2D eigenvalue weighted by Gasteiger charge is -2.34. The van der Waals surface area contributed by atoms with E-state index in [9.17, 15) is 9.59 Å². The molecule has 1 heterocycles. The van der Waals surface area contributed by atoms with Gasteiger partial charge in [-0.1, -0.05) is 17.7 Å². The fraction of sp³-hybridized carbons (Fsp3) is 0.300. The molecule has 3 amide bonds. The number of benzene rings is 2. The Morgan fingerprint density at radius 1 is 1.00 bits per heavy atom. The molecule has 1 fully saturated rings. The Morgan fingerprint density at radius 2 is 1.63 bits per heavy atom. The molecule has 1 N–H and O–H groups in total. The van der Waals surface area contributed by atoms with Crippen LogP contribution in [0.2, 0.25) is 5.02 Å². The van der Waals surface area contributed by atoms with Gasteiger partial charge in [-0.3, -0.25) is 4.79 Å². The highest BCUT2D eigenvalue weighted by atomic mass is 35.5. The lowest BCUT2D eigenvalue weighted by molar-refractivity contribution is 0.0671. The number of carbonyl (C=O) groups is 2. The van der Waals surface area contributed by atoms with E-state index in [1.165, 1.54) is 0 Å². The molecule has 2 aromatic carbocycles. The Labute approximate surface area is 163 Å². The molecule has 0 spiro atoms. The molecule has 0 aliphatic carbocycles. The zero-order valence-corrected chi connectivity index (χ0v) is 16.1. The van der Waals surface area contributed by atoms with Gasteiger partial charge in [-0.25, -0.2) is 4.79 Å². The molecule has 7 heteroatoms. The van der Waals surface area contributed by atoms with Crippen LogP contribution >= 0.6 is 11.6 Å². The Kier molecular flexibility index (Phi) is 5.86. The van der Waals surface area contributed by atoms with Crippen molar-refractivity contribution in [3.8, 4) is 5.75 Å². The number of carbonyl (C=O) groups excluding carboxylic acids is 2. The molecule has 142 valence electrons. The molecule has 0 radical (unpaired) electrons. The van der Waals surface area contributed by atoms with Crippen LogP contribution in [0, 0.1) is 6.92 Å². The van der Waals surface area contributed by atoms with E-state index in [-0.39, 0.29) is 11.9 Å². The van der Waals surface area contributed by atoms with Crippen LogP contribution in [-0.2, 0) is 0 Å². The number of amides is 3. The standard InChI is InChI=1S/C20H22ClN3O3/c1-14-3-4-15(13-18(14)27-2)19(25)23-9-11-24(12-10-23)20(26)22-17-7-5-16(21)6-8-17/h3-8,13H,9-12H2,1-2H3,(H,22,26). The van der Waals surface area contributed by atoms with Crippen molar-refractivity contribution in [2.24, 2.45) is 0 Å². The minimum Gasteiger partial charge on any atom is -0.496 e. The van der Waals surface area contributed by atoms with E-state index in [0.29, 0.717) is 48.2 Å². The smallest absolute Gasteiger partial charge is 0.321 e. The van der Waals surface area contributed by atoms with Gasteiger partial charge in [0, 0.05) is 42.5 Å². The van der Waals surface area contributed by atoms with E-state index in [1.807, 2.05) is 13.0 Å². The van der Waals surface area contributed by atoms with Crippen LogP contribution in [0.4, 0.5) is 10.5 Å². The van der Waals surface area contributed by atoms with Gasteiger partial charge < -0.3 is 19.9 Å². The molecule has 1 saturated heterocycles. The van der Waals surface area contributed by atoms with Crippen molar-refractivity contribution < 1.29 is 14.3 Å². The fourth-order valence-electron chi connectivity index (χ4n) is 2.98. The van der Waals surface area contributed by atoms with Gasteiger partial charge >= 0.3 is 6.03 Å². The summed E-state index contributed by atoms with van der Waals surface area (Å²) in [6.07, 6.45) is 0. The Balaban J connectivity index is 1.57. The van der Waals surface area contributed by atoms with E-state index in [2.05, 4.69) is 5.32 Å². The summed E-state index contributed by atoms with van der Waals surface area (Å²) in [6, 6.07) is 12.2. The van der Waals surface area contributed by atoms with Gasteiger partial charge in [0.25, 0.3) is 5.91 Å². The molecule has 0 saturated carbocycles. The quantitative estimate of drug-likeness (QED) is 0.874. The largest absolute Gasteiger partial charge is 0.496 e. The molecule has 27 heavy (non-hydrogen) atoms. The first kappa shape index (κ1) is 19.0. The lowest BCUT2D eigenvalue weighted by Crippen LogP contribution is -2.51. The minimum atomic E-state index is -0.179. The number of hydrogen-bond acceptors (Lipinski definition) is 3. The molecule has 1 aliphatic heterocycles. The van der Waals surface area contributed by atoms with E-state index in [1.54, 1.807) is 53.3 Å². The number of anilines is 1. The third-order valence-electron chi connectivity index (χ3n) is 4.60. The summed E-state index contributed by atoms with van der Waals surface area (Å²) in [4.78, 5) is 28.6. The summed E-state index contributed by atoms with van der Waals surface area (Å²) in [5.74, 6) is 0.646. The number of ether oxygens (including phenoxy) is 1. The number of methoxy groups -OCH3 is 1. The molecule has 1 aliphatic rings. The number of piperazine rings is 1. The predicted octanol–water partition coefficient (Wildman–Crippen LogP) is 3.65. The summed E-state index contributed by atoms with van der Waals surface area (Å²) in [7, 11) is 1.59. The van der Waals surface area contributed by atoms with Crippen LogP contribution in [0.15, 0.2) is 42.5 Å². The van der Waals surface area contributed by atoms with Crippen LogP contribution in [0.5, 0.6) is 5.75 Å². The second kappa shape index (κ2) is 8.31. The summed E-state index contributed by atoms with van der Waals surface area (Å²) in [5.41, 5.74) is 2.27. The monoisotopic (exact) mass is 387 g/mol. The Morgan fingerprint density at radius 3 is 2.26 bits per heavy atom. The highest BCUT2D eigenvalue weighted by molar-refractivity contribution is 6.30. The maximum absolute atomic E-state index is 12.7. The highest BCUT2D eigenvalue weighted by Crippen LogP contribution is 2.21. The van der Waals surface area contributed by atoms with Crippen molar-refractivity contribution in [2.45, 2.75) is 6.92 Å². The third-order valence-corrected chi connectivity index (χ3v) is 4.86. The maximum Gasteiger partial charge on any atom is 0.321 e. The molecule has 2 aromatic rings. The lowest BCUT2D eigenvalue weighted by atomic mass is 10.1. The Bertz CT molecular complexity index is 831. The number of nitrogens with one attached hydrogen (secondary N) is 1. The average molecular weight is 388 g/mol. The molecule has 0 unspecified atom stereocenters. The second-order valence-electron chi connectivity index (χ2n) is 6.40. The summed E-state index contributed by atoms with van der Waals surface area (Å²) in [5, 5.41) is 3.46. The molecular weight excluding hydrogens is 366 g/mol. The first-order chi connectivity index (χ1) is 13.0. The Hall–Kier alpha value is -2.73. The van der Waals surface area contributed by atoms with Crippen LogP contribution in [0.1, 0.15) is 15.9 Å². The van der Waals surface area contributed by atoms with Gasteiger partial charge in [-0.2, -0.15) is 0 Å². The normalized spacial score (nSPS) is 14.0. The maximum atomic E-state index is 12.7. The average Bonchev–Trinajstić information content (AvgIpc) is 2.69. The van der Waals surface area contributed by atoms with Crippen molar-refractivity contribution >= 4 is 29.2 Å². The van der Waals surface area contributed by atoms with Gasteiger partial charge in [0.2, 0.25) is 0 Å². The number of nitrogens with zero attached hydrogens (tertiary/aromatic N) is 2. The molecule has 0 bridgehead atoms. The highest BCUT2D eigenvalue weighted by Gasteiger charge is 2.25. The molecular formula is C20H22ClN3O3. The SMILES string of the molecule is COc1cc(C(=O)N2CCN(C(=O)Nc3ccc(Cl)cc3)CC2)ccc1C. The van der Waals surface area contributed by atoms with Gasteiger partial charge in [0.15, 0.2) is 0 Å². The molecule has 0 aromatic heterocycles. The van der Waals surface area contributed by atoms with E-state index < -0.39 is 0 Å². The number of urea groups is 1. The van der Waals surface area contributed by atoms with Crippen LogP contribution < -0.4 is 10.1 Å². The number of aryl methyl sites for hydroxylation is 1. The van der Waals surface area contributed by atoms with Crippen molar-refractivity contribution in [3.05, 3.63) is 58.6 Å². The number of hydrogen-bond donors (Lipinski definition) is 1. The van der Waals surface area contributed by atoms with Gasteiger partial charge in [0.1, 0.15) is 5.75 Å². The van der Waals surface area contributed by atoms with Crippen LogP contribution in [0.25, 0.3) is 0 Å². The van der Waals surface area contributed by atoms with Crippen molar-refractivity contribution in [1.82, 2.24) is 9.80 Å². The predicted molar refractivity (Wildman–Crippen MR) is 106 cm³/mol. The zero-order chi connectivity index (χ0) is 19.4.